The van der Waals surface area contributed by atoms with Crippen molar-refractivity contribution >= 4 is 25.5 Å². The number of esters is 2. The van der Waals surface area contributed by atoms with Crippen molar-refractivity contribution in [2.24, 2.45) is 17.8 Å². The number of hydrogen-bond donors (Lipinski definition) is 5. The molecule has 0 aromatic rings. The lowest BCUT2D eigenvalue weighted by atomic mass is 9.88. The molecule has 13 nitrogen and oxygen atoms in total. The van der Waals surface area contributed by atoms with E-state index in [2.05, 4.69) is 25.3 Å². The maximum atomic E-state index is 12.7. The first-order valence-electron chi connectivity index (χ1n) is 22.1. The van der Waals surface area contributed by atoms with Gasteiger partial charge >= 0.3 is 19.8 Å². The Morgan fingerprint density at radius 1 is 0.772 bits per heavy atom. The van der Waals surface area contributed by atoms with Crippen LogP contribution in [-0.4, -0.2) is 93.9 Å². The fourth-order valence-electron chi connectivity index (χ4n) is 7.02. The average molecular weight is 835 g/mol. The fourth-order valence-corrected chi connectivity index (χ4v) is 7.80. The van der Waals surface area contributed by atoms with Gasteiger partial charge in [-0.05, 0) is 31.6 Å². The van der Waals surface area contributed by atoms with E-state index in [1.54, 1.807) is 12.2 Å². The lowest BCUT2D eigenvalue weighted by Gasteiger charge is -2.20. The van der Waals surface area contributed by atoms with E-state index in [1.807, 2.05) is 0 Å². The molecular formula is C43H79O13P. The molecule has 0 saturated heterocycles. The minimum absolute atomic E-state index is 0.0247. The molecule has 0 heterocycles. The number of rotatable bonds is 37. The molecule has 0 aliphatic heterocycles. The zero-order chi connectivity index (χ0) is 42.3. The van der Waals surface area contributed by atoms with Crippen LogP contribution in [0.15, 0.2) is 12.2 Å². The van der Waals surface area contributed by atoms with Gasteiger partial charge in [-0.1, -0.05) is 142 Å². The summed E-state index contributed by atoms with van der Waals surface area (Å²) in [6.45, 7) is 4.32. The summed E-state index contributed by atoms with van der Waals surface area (Å²) in [5.74, 6) is -0.896. The van der Waals surface area contributed by atoms with Gasteiger partial charge in [0.2, 0.25) is 0 Å². The van der Waals surface area contributed by atoms with Gasteiger partial charge in [-0.25, -0.2) is 4.57 Å². The Labute approximate surface area is 343 Å². The third kappa shape index (κ3) is 28.4. The maximum absolute atomic E-state index is 12.7. The highest BCUT2D eigenvalue weighted by Crippen LogP contribution is 2.43. The van der Waals surface area contributed by atoms with Gasteiger partial charge < -0.3 is 34.8 Å². The zero-order valence-electron chi connectivity index (χ0n) is 35.4. The van der Waals surface area contributed by atoms with E-state index in [-0.39, 0.29) is 43.5 Å². The van der Waals surface area contributed by atoms with Gasteiger partial charge in [0.15, 0.2) is 6.10 Å². The summed E-state index contributed by atoms with van der Waals surface area (Å²) >= 11 is 0. The molecule has 5 N–H and O–H groups in total. The predicted molar refractivity (Wildman–Crippen MR) is 220 cm³/mol. The Morgan fingerprint density at radius 3 is 1.91 bits per heavy atom. The third-order valence-corrected chi connectivity index (χ3v) is 11.4. The second kappa shape index (κ2) is 33.1. The molecule has 1 saturated carbocycles. The van der Waals surface area contributed by atoms with Gasteiger partial charge in [-0.15, -0.1) is 0 Å². The minimum Gasteiger partial charge on any atom is -0.462 e. The Balaban J connectivity index is 2.44. The van der Waals surface area contributed by atoms with E-state index in [1.165, 1.54) is 51.4 Å². The molecule has 1 rings (SSSR count). The monoisotopic (exact) mass is 835 g/mol. The van der Waals surface area contributed by atoms with Gasteiger partial charge in [0.1, 0.15) is 18.5 Å². The van der Waals surface area contributed by atoms with Crippen molar-refractivity contribution in [3.05, 3.63) is 12.2 Å². The molecule has 0 aromatic heterocycles. The van der Waals surface area contributed by atoms with Crippen LogP contribution < -0.4 is 0 Å². The molecule has 7 atom stereocenters. The van der Waals surface area contributed by atoms with E-state index in [4.69, 9.17) is 19.1 Å². The van der Waals surface area contributed by atoms with E-state index in [0.29, 0.717) is 32.1 Å². The van der Waals surface area contributed by atoms with Crippen molar-refractivity contribution < 1.29 is 62.8 Å². The number of hydrogen-bond acceptors (Lipinski definition) is 12. The summed E-state index contributed by atoms with van der Waals surface area (Å²) in [5, 5.41) is 39.1. The molecule has 57 heavy (non-hydrogen) atoms. The first kappa shape index (κ1) is 53.3. The number of unbranched alkanes of at least 4 members (excludes halogenated alkanes) is 15. The minimum atomic E-state index is -4.68. The molecule has 1 fully saturated rings. The van der Waals surface area contributed by atoms with Crippen LogP contribution >= 0.6 is 7.82 Å². The number of phosphoric ester groups is 1. The summed E-state index contributed by atoms with van der Waals surface area (Å²) in [4.78, 5) is 47.8. The van der Waals surface area contributed by atoms with E-state index >= 15 is 0 Å². The fraction of sp³-hybridized carbons (Fsp3) is 0.884. The first-order chi connectivity index (χ1) is 27.3. The predicted octanol–water partition coefficient (Wildman–Crippen LogP) is 8.06. The number of aliphatic hydroxyl groups is 4. The maximum Gasteiger partial charge on any atom is 0.472 e. The van der Waals surface area contributed by atoms with Crippen LogP contribution in [0.25, 0.3) is 0 Å². The van der Waals surface area contributed by atoms with Crippen LogP contribution in [0.4, 0.5) is 0 Å². The van der Waals surface area contributed by atoms with E-state index in [0.717, 1.165) is 57.3 Å². The molecule has 14 heteroatoms. The molecule has 1 aliphatic carbocycles. The number of carbonyl (C=O) groups excluding carboxylic acids is 3. The van der Waals surface area contributed by atoms with Crippen molar-refractivity contribution in [2.45, 2.75) is 199 Å². The highest BCUT2D eigenvalue weighted by atomic mass is 31.2. The van der Waals surface area contributed by atoms with E-state index in [9.17, 15) is 39.2 Å². The number of ketones is 1. The molecule has 1 unspecified atom stereocenters. The summed E-state index contributed by atoms with van der Waals surface area (Å²) in [6.07, 6.45) is 20.8. The van der Waals surface area contributed by atoms with Gasteiger partial charge in [0.05, 0.1) is 32.0 Å². The Kier molecular flexibility index (Phi) is 30.9. The van der Waals surface area contributed by atoms with Crippen molar-refractivity contribution in [3.63, 3.8) is 0 Å². The molecule has 0 aromatic carbocycles. The molecule has 1 aliphatic rings. The number of Topliss-reactive ketones (excluding diaryl/α,β-unsaturated/α-hetero) is 1. The molecule has 334 valence electrons. The van der Waals surface area contributed by atoms with Gasteiger partial charge in [0, 0.05) is 31.1 Å². The van der Waals surface area contributed by atoms with Crippen molar-refractivity contribution in [1.29, 1.82) is 0 Å². The zero-order valence-corrected chi connectivity index (χ0v) is 36.3. The van der Waals surface area contributed by atoms with Crippen molar-refractivity contribution in [3.8, 4) is 0 Å². The highest BCUT2D eigenvalue weighted by Gasteiger charge is 2.39. The first-order valence-corrected chi connectivity index (χ1v) is 23.6. The van der Waals surface area contributed by atoms with Gasteiger partial charge in [0.25, 0.3) is 0 Å². The quantitative estimate of drug-likeness (QED) is 0.0174. The average Bonchev–Trinajstić information content (AvgIpc) is 3.44. The molecule has 0 spiro atoms. The third-order valence-electron chi connectivity index (χ3n) is 10.5. The largest absolute Gasteiger partial charge is 0.472 e. The molecule has 0 radical (unpaired) electrons. The normalized spacial score (nSPS) is 19.9. The second-order valence-corrected chi connectivity index (χ2v) is 17.8. The summed E-state index contributed by atoms with van der Waals surface area (Å²) in [6, 6.07) is 0. The van der Waals surface area contributed by atoms with E-state index < -0.39 is 64.0 Å². The Bertz CT molecular complexity index is 1130. The smallest absolute Gasteiger partial charge is 0.462 e. The van der Waals surface area contributed by atoms with Crippen molar-refractivity contribution in [2.75, 3.05) is 26.4 Å². The lowest BCUT2D eigenvalue weighted by molar-refractivity contribution is -0.161. The number of ether oxygens (including phenoxy) is 2. The molecule has 0 amide bonds. The number of carbonyl (C=O) groups is 3. The summed E-state index contributed by atoms with van der Waals surface area (Å²) < 4.78 is 32.7. The SMILES string of the molecule is CCCCC[C@H](O)/C=C/[C@H]1[C@H](O)CC(=O)[C@@H]1CCCCCCC(=O)O[C@H](COC(=O)CCCCCCCCCCCCCC(C)C)COP(=O)(O)OC[C@@H](O)CO. The Morgan fingerprint density at radius 2 is 1.32 bits per heavy atom. The van der Waals surface area contributed by atoms with Gasteiger partial charge in [-0.2, -0.15) is 0 Å². The lowest BCUT2D eigenvalue weighted by Crippen LogP contribution is -2.29. The number of aliphatic hydroxyl groups excluding tert-OH is 4. The molecular weight excluding hydrogens is 755 g/mol. The van der Waals surface area contributed by atoms with Crippen molar-refractivity contribution in [1.82, 2.24) is 0 Å². The topological polar surface area (TPSA) is 206 Å². The van der Waals surface area contributed by atoms with Crippen LogP contribution in [0.3, 0.4) is 0 Å². The standard InChI is InChI=1S/C43H79O13P/c1-4-5-17-23-35(45)27-28-39-38(40(47)29-41(39)48)24-19-15-16-21-26-43(50)56-37(33-55-57(51,52)54-31-36(46)30-44)32-53-42(49)25-20-14-12-10-8-6-7-9-11-13-18-22-34(2)3/h27-28,34-39,41,44-46,48H,4-26,29-33H2,1-3H3,(H,51,52)/b28-27+/t35-,36-,37+,38+,39+,41+/m0/s1. The van der Waals surface area contributed by atoms with Crippen LogP contribution in [0.5, 0.6) is 0 Å². The second-order valence-electron chi connectivity index (χ2n) is 16.3. The Hall–Kier alpha value is -1.70. The number of phosphoric acid groups is 1. The summed E-state index contributed by atoms with van der Waals surface area (Å²) in [7, 11) is -4.68. The van der Waals surface area contributed by atoms with Crippen LogP contribution in [0, 0.1) is 17.8 Å². The highest BCUT2D eigenvalue weighted by molar-refractivity contribution is 7.47. The van der Waals surface area contributed by atoms with Crippen LogP contribution in [0.1, 0.15) is 175 Å². The van der Waals surface area contributed by atoms with Crippen LogP contribution in [0.2, 0.25) is 0 Å². The molecule has 0 bridgehead atoms. The van der Waals surface area contributed by atoms with Crippen LogP contribution in [-0.2, 0) is 37.5 Å². The summed E-state index contributed by atoms with van der Waals surface area (Å²) in [5.41, 5.74) is 0. The van der Waals surface area contributed by atoms with Gasteiger partial charge in [-0.3, -0.25) is 23.4 Å².